The first kappa shape index (κ1) is 25.0. The summed E-state index contributed by atoms with van der Waals surface area (Å²) in [5.41, 5.74) is -0.880. The van der Waals surface area contributed by atoms with Crippen molar-refractivity contribution in [3.63, 3.8) is 0 Å². The first-order chi connectivity index (χ1) is 14.9. The molecular weight excluding hydrogens is 443 g/mol. The third kappa shape index (κ3) is 5.46. The van der Waals surface area contributed by atoms with Gasteiger partial charge in [-0.2, -0.15) is 17.5 Å². The van der Waals surface area contributed by atoms with E-state index in [0.29, 0.717) is 6.54 Å². The van der Waals surface area contributed by atoms with Crippen molar-refractivity contribution in [1.29, 1.82) is 0 Å². The number of alkyl halides is 3. The zero-order chi connectivity index (χ0) is 23.7. The quantitative estimate of drug-likeness (QED) is 0.604. The Morgan fingerprint density at radius 2 is 1.81 bits per heavy atom. The van der Waals surface area contributed by atoms with Crippen LogP contribution in [-0.4, -0.2) is 49.8 Å². The fourth-order valence-corrected chi connectivity index (χ4v) is 6.36. The van der Waals surface area contributed by atoms with Gasteiger partial charge >= 0.3 is 6.18 Å². The summed E-state index contributed by atoms with van der Waals surface area (Å²) >= 11 is 0. The van der Waals surface area contributed by atoms with Crippen LogP contribution in [0.2, 0.25) is 0 Å². The zero-order valence-electron chi connectivity index (χ0n) is 18.7. The molecule has 1 aliphatic heterocycles. The highest BCUT2D eigenvalue weighted by Gasteiger charge is 2.47. The number of nitrogens with zero attached hydrogens (tertiary/aromatic N) is 1. The van der Waals surface area contributed by atoms with Gasteiger partial charge < -0.3 is 10.6 Å². The number of fused-ring (bicyclic) bond motifs is 1. The largest absolute Gasteiger partial charge is 0.416 e. The van der Waals surface area contributed by atoms with Crippen LogP contribution in [0.3, 0.4) is 0 Å². The van der Waals surface area contributed by atoms with Gasteiger partial charge in [-0.1, -0.05) is 27.2 Å². The maximum atomic E-state index is 13.0. The van der Waals surface area contributed by atoms with E-state index in [1.807, 2.05) is 20.8 Å². The molecule has 180 valence electrons. The van der Waals surface area contributed by atoms with E-state index in [1.54, 1.807) is 0 Å². The van der Waals surface area contributed by atoms with E-state index < -0.39 is 21.8 Å². The van der Waals surface area contributed by atoms with Crippen molar-refractivity contribution < 1.29 is 26.4 Å². The van der Waals surface area contributed by atoms with Gasteiger partial charge in [-0.05, 0) is 55.4 Å². The first-order valence-corrected chi connectivity index (χ1v) is 12.6. The number of hydrogen-bond acceptors (Lipinski definition) is 4. The highest BCUT2D eigenvalue weighted by molar-refractivity contribution is 7.89. The van der Waals surface area contributed by atoms with Crippen LogP contribution >= 0.6 is 0 Å². The van der Waals surface area contributed by atoms with E-state index in [1.165, 1.54) is 4.31 Å². The number of halogens is 3. The number of carbonyl (C=O) groups is 1. The van der Waals surface area contributed by atoms with Gasteiger partial charge in [-0.25, -0.2) is 8.42 Å². The minimum atomic E-state index is -4.52. The lowest BCUT2D eigenvalue weighted by Crippen LogP contribution is -2.51. The Morgan fingerprint density at radius 1 is 1.16 bits per heavy atom. The molecule has 3 unspecified atom stereocenters. The highest BCUT2D eigenvalue weighted by atomic mass is 32.2. The van der Waals surface area contributed by atoms with Crippen molar-refractivity contribution in [2.45, 2.75) is 75.7 Å². The molecule has 0 spiro atoms. The number of benzene rings is 1. The van der Waals surface area contributed by atoms with E-state index in [9.17, 15) is 26.4 Å². The number of carbonyl (C=O) groups excluding carboxylic acids is 1. The summed E-state index contributed by atoms with van der Waals surface area (Å²) in [4.78, 5) is 12.7. The SMILES string of the molecule is CCCC(NC(C)C)C(=O)NC1CC[C@H]2CN(S(=O)(=O)c3ccc(C(F)(F)F)cc3)CC12. The van der Waals surface area contributed by atoms with Crippen LogP contribution in [0.1, 0.15) is 52.0 Å². The van der Waals surface area contributed by atoms with Gasteiger partial charge in [-0.3, -0.25) is 4.79 Å². The lowest BCUT2D eigenvalue weighted by Gasteiger charge is -2.26. The molecule has 1 saturated heterocycles. The van der Waals surface area contributed by atoms with Crippen LogP contribution in [-0.2, 0) is 21.0 Å². The predicted octanol–water partition coefficient (Wildman–Crippen LogP) is 3.39. The summed E-state index contributed by atoms with van der Waals surface area (Å²) in [6, 6.07) is 3.40. The van der Waals surface area contributed by atoms with Gasteiger partial charge in [0, 0.05) is 25.2 Å². The maximum absolute atomic E-state index is 13.0. The molecule has 1 saturated carbocycles. The maximum Gasteiger partial charge on any atom is 0.416 e. The molecule has 6 nitrogen and oxygen atoms in total. The van der Waals surface area contributed by atoms with Gasteiger partial charge in [-0.15, -0.1) is 0 Å². The fraction of sp³-hybridized carbons (Fsp3) is 0.682. The van der Waals surface area contributed by atoms with Crippen LogP contribution in [0.5, 0.6) is 0 Å². The molecule has 2 N–H and O–H groups in total. The lowest BCUT2D eigenvalue weighted by atomic mass is 9.97. The van der Waals surface area contributed by atoms with E-state index in [2.05, 4.69) is 10.6 Å². The highest BCUT2D eigenvalue weighted by Crippen LogP contribution is 2.40. The van der Waals surface area contributed by atoms with Crippen LogP contribution in [0.25, 0.3) is 0 Å². The van der Waals surface area contributed by atoms with Gasteiger partial charge in [0.15, 0.2) is 0 Å². The Morgan fingerprint density at radius 3 is 2.38 bits per heavy atom. The Kier molecular flexibility index (Phi) is 7.56. The lowest BCUT2D eigenvalue weighted by molar-refractivity contribution is -0.137. The molecule has 2 fully saturated rings. The minimum absolute atomic E-state index is 0.00417. The van der Waals surface area contributed by atoms with Gasteiger partial charge in [0.05, 0.1) is 16.5 Å². The van der Waals surface area contributed by atoms with E-state index in [-0.39, 0.29) is 47.3 Å². The number of amides is 1. The Bertz CT molecular complexity index is 903. The molecule has 1 heterocycles. The number of rotatable bonds is 8. The molecule has 1 aromatic carbocycles. The minimum Gasteiger partial charge on any atom is -0.352 e. The second-order valence-corrected chi connectivity index (χ2v) is 11.1. The Balaban J connectivity index is 1.67. The second kappa shape index (κ2) is 9.69. The Labute approximate surface area is 188 Å². The molecule has 1 aliphatic carbocycles. The van der Waals surface area contributed by atoms with Crippen LogP contribution in [0.4, 0.5) is 13.2 Å². The van der Waals surface area contributed by atoms with Crippen LogP contribution < -0.4 is 10.6 Å². The molecular formula is C22H32F3N3O3S. The van der Waals surface area contributed by atoms with Crippen LogP contribution in [0.15, 0.2) is 29.2 Å². The predicted molar refractivity (Wildman–Crippen MR) is 115 cm³/mol. The average molecular weight is 476 g/mol. The molecule has 1 amide bonds. The summed E-state index contributed by atoms with van der Waals surface area (Å²) in [6.45, 7) is 6.58. The standard InChI is InChI=1S/C22H32F3N3O3S/c1-4-5-20(26-14(2)3)21(29)27-19-11-6-15-12-28(13-18(15)19)32(30,31)17-9-7-16(8-10-17)22(23,24)25/h7-10,14-15,18-20,26H,4-6,11-13H2,1-3H3,(H,27,29)/t15-,18?,19?,20?/m0/s1. The molecule has 1 aromatic rings. The van der Waals surface area contributed by atoms with Crippen molar-refractivity contribution in [2.24, 2.45) is 11.8 Å². The second-order valence-electron chi connectivity index (χ2n) is 9.12. The number of sulfonamides is 1. The summed E-state index contributed by atoms with van der Waals surface area (Å²) in [6.07, 6.45) is -1.31. The molecule has 32 heavy (non-hydrogen) atoms. The molecule has 2 aliphatic rings. The van der Waals surface area contributed by atoms with Crippen LogP contribution in [0, 0.1) is 11.8 Å². The summed E-state index contributed by atoms with van der Waals surface area (Å²) in [7, 11) is -3.89. The van der Waals surface area contributed by atoms with Crippen molar-refractivity contribution in [3.8, 4) is 0 Å². The molecule has 4 atom stereocenters. The average Bonchev–Trinajstić information content (AvgIpc) is 3.29. The summed E-state index contributed by atoms with van der Waals surface area (Å²) < 4.78 is 65.8. The van der Waals surface area contributed by atoms with E-state index in [0.717, 1.165) is 49.9 Å². The third-order valence-electron chi connectivity index (χ3n) is 6.40. The first-order valence-electron chi connectivity index (χ1n) is 11.2. The molecule has 0 aromatic heterocycles. The van der Waals surface area contributed by atoms with Crippen molar-refractivity contribution in [3.05, 3.63) is 29.8 Å². The molecule has 3 rings (SSSR count). The number of nitrogens with one attached hydrogen (secondary N) is 2. The monoisotopic (exact) mass is 475 g/mol. The van der Waals surface area contributed by atoms with Gasteiger partial charge in [0.1, 0.15) is 0 Å². The third-order valence-corrected chi connectivity index (χ3v) is 8.24. The topological polar surface area (TPSA) is 78.5 Å². The zero-order valence-corrected chi connectivity index (χ0v) is 19.5. The summed E-state index contributed by atoms with van der Waals surface area (Å²) in [5.74, 6) is 0.0759. The van der Waals surface area contributed by atoms with Crippen molar-refractivity contribution in [2.75, 3.05) is 13.1 Å². The normalized spacial score (nSPS) is 25.2. The van der Waals surface area contributed by atoms with Crippen molar-refractivity contribution >= 4 is 15.9 Å². The molecule has 0 bridgehead atoms. The van der Waals surface area contributed by atoms with Gasteiger partial charge in [0.25, 0.3) is 0 Å². The van der Waals surface area contributed by atoms with Crippen molar-refractivity contribution in [1.82, 2.24) is 14.9 Å². The van der Waals surface area contributed by atoms with Gasteiger partial charge in [0.2, 0.25) is 15.9 Å². The van der Waals surface area contributed by atoms with E-state index >= 15 is 0 Å². The number of hydrogen-bond donors (Lipinski definition) is 2. The smallest absolute Gasteiger partial charge is 0.352 e. The Hall–Kier alpha value is -1.65. The molecule has 10 heteroatoms. The fourth-order valence-electron chi connectivity index (χ4n) is 4.83. The molecule has 0 radical (unpaired) electrons. The summed E-state index contributed by atoms with van der Waals surface area (Å²) in [5, 5.41) is 6.41. The van der Waals surface area contributed by atoms with E-state index in [4.69, 9.17) is 0 Å².